The van der Waals surface area contributed by atoms with Crippen molar-refractivity contribution in [3.05, 3.63) is 28.3 Å². The van der Waals surface area contributed by atoms with Gasteiger partial charge in [-0.05, 0) is 6.07 Å². The third-order valence-corrected chi connectivity index (χ3v) is 3.20. The summed E-state index contributed by atoms with van der Waals surface area (Å²) in [6, 6.07) is 4.13. The first-order chi connectivity index (χ1) is 7.99. The van der Waals surface area contributed by atoms with Gasteiger partial charge in [0.2, 0.25) is 5.91 Å². The molecule has 1 unspecified atom stereocenters. The molecule has 0 spiro atoms. The summed E-state index contributed by atoms with van der Waals surface area (Å²) in [5.41, 5.74) is 6.43. The lowest BCUT2D eigenvalue weighted by Crippen LogP contribution is -2.25. The van der Waals surface area contributed by atoms with Gasteiger partial charge in [0.1, 0.15) is 0 Å². The first kappa shape index (κ1) is 11.8. The Kier molecular flexibility index (Phi) is 3.01. The zero-order valence-corrected chi connectivity index (χ0v) is 10.4. The van der Waals surface area contributed by atoms with Gasteiger partial charge in [-0.1, -0.05) is 15.9 Å². The molecule has 1 aliphatic rings. The number of carbonyl (C=O) groups is 1. The molecule has 17 heavy (non-hydrogen) atoms. The fourth-order valence-corrected chi connectivity index (χ4v) is 2.36. The van der Waals surface area contributed by atoms with Crippen LogP contribution in [-0.2, 0) is 4.79 Å². The van der Waals surface area contributed by atoms with Gasteiger partial charge in [-0.25, -0.2) is 0 Å². The Morgan fingerprint density at radius 3 is 2.71 bits per heavy atom. The van der Waals surface area contributed by atoms with E-state index in [1.54, 1.807) is 4.90 Å². The minimum absolute atomic E-state index is 0.0348. The number of nitro groups is 1. The van der Waals surface area contributed by atoms with Gasteiger partial charge < -0.3 is 10.6 Å². The van der Waals surface area contributed by atoms with Crippen LogP contribution < -0.4 is 10.6 Å². The summed E-state index contributed by atoms with van der Waals surface area (Å²) in [7, 11) is 0. The predicted molar refractivity (Wildman–Crippen MR) is 67.2 cm³/mol. The highest BCUT2D eigenvalue weighted by Gasteiger charge is 2.30. The Bertz CT molecular complexity index is 492. The molecular weight excluding hydrogens is 290 g/mol. The summed E-state index contributed by atoms with van der Waals surface area (Å²) in [5.74, 6) is -0.0348. The van der Waals surface area contributed by atoms with Crippen molar-refractivity contribution in [2.45, 2.75) is 11.2 Å². The fourth-order valence-electron chi connectivity index (χ4n) is 1.80. The molecule has 6 nitrogen and oxygen atoms in total. The van der Waals surface area contributed by atoms with Crippen LogP contribution >= 0.6 is 15.9 Å². The molecule has 0 saturated carbocycles. The number of nitrogen functional groups attached to an aromatic ring is 1. The smallest absolute Gasteiger partial charge is 0.271 e. The largest absolute Gasteiger partial charge is 0.397 e. The monoisotopic (exact) mass is 299 g/mol. The normalized spacial score (nSPS) is 19.7. The van der Waals surface area contributed by atoms with Crippen molar-refractivity contribution in [3.8, 4) is 0 Å². The Hall–Kier alpha value is -1.63. The second kappa shape index (κ2) is 4.33. The van der Waals surface area contributed by atoms with Crippen LogP contribution in [0.25, 0.3) is 0 Å². The number of rotatable bonds is 2. The van der Waals surface area contributed by atoms with E-state index in [4.69, 9.17) is 5.73 Å². The number of nitro benzene ring substituents is 1. The van der Waals surface area contributed by atoms with Crippen LogP contribution in [0.2, 0.25) is 0 Å². The zero-order valence-electron chi connectivity index (χ0n) is 8.80. The SMILES string of the molecule is Nc1cc([N+](=O)[O-])ccc1N1CC(Br)CC1=O. The number of anilines is 2. The number of hydrogen-bond donors (Lipinski definition) is 1. The van der Waals surface area contributed by atoms with Crippen molar-refractivity contribution in [1.82, 2.24) is 0 Å². The number of halogens is 1. The number of carbonyl (C=O) groups excluding carboxylic acids is 1. The van der Waals surface area contributed by atoms with E-state index in [9.17, 15) is 14.9 Å². The van der Waals surface area contributed by atoms with Gasteiger partial charge in [-0.2, -0.15) is 0 Å². The van der Waals surface area contributed by atoms with E-state index in [0.29, 0.717) is 18.7 Å². The van der Waals surface area contributed by atoms with Crippen LogP contribution in [0.3, 0.4) is 0 Å². The van der Waals surface area contributed by atoms with E-state index < -0.39 is 4.92 Å². The molecule has 0 aromatic heterocycles. The molecule has 1 atom stereocenters. The topological polar surface area (TPSA) is 89.5 Å². The van der Waals surface area contributed by atoms with Gasteiger partial charge in [0.05, 0.1) is 16.3 Å². The highest BCUT2D eigenvalue weighted by atomic mass is 79.9. The maximum Gasteiger partial charge on any atom is 0.271 e. The zero-order chi connectivity index (χ0) is 12.6. The number of benzene rings is 1. The second-order valence-corrected chi connectivity index (χ2v) is 5.10. The molecule has 1 amide bonds. The third kappa shape index (κ3) is 2.23. The van der Waals surface area contributed by atoms with Crippen LogP contribution in [0.15, 0.2) is 18.2 Å². The third-order valence-electron chi connectivity index (χ3n) is 2.59. The lowest BCUT2D eigenvalue weighted by atomic mass is 10.2. The molecule has 1 aromatic rings. The summed E-state index contributed by atoms with van der Waals surface area (Å²) in [5, 5.41) is 10.6. The lowest BCUT2D eigenvalue weighted by molar-refractivity contribution is -0.384. The standard InChI is InChI=1S/C10H10BrN3O3/c11-6-3-10(15)13(5-6)9-2-1-7(14(16)17)4-8(9)12/h1-2,4,6H,3,5,12H2. The summed E-state index contributed by atoms with van der Waals surface area (Å²) in [6.45, 7) is 0.529. The summed E-state index contributed by atoms with van der Waals surface area (Å²) in [6.07, 6.45) is 0.413. The first-order valence-electron chi connectivity index (χ1n) is 4.97. The van der Waals surface area contributed by atoms with Gasteiger partial charge >= 0.3 is 0 Å². The number of hydrogen-bond acceptors (Lipinski definition) is 4. The Balaban J connectivity index is 2.34. The molecule has 0 bridgehead atoms. The van der Waals surface area contributed by atoms with E-state index in [2.05, 4.69) is 15.9 Å². The number of alkyl halides is 1. The van der Waals surface area contributed by atoms with Crippen molar-refractivity contribution in [1.29, 1.82) is 0 Å². The van der Waals surface area contributed by atoms with Crippen LogP contribution in [0, 0.1) is 10.1 Å². The maximum atomic E-state index is 11.7. The van der Waals surface area contributed by atoms with Crippen LogP contribution in [0.5, 0.6) is 0 Å². The van der Waals surface area contributed by atoms with E-state index in [1.165, 1.54) is 18.2 Å². The highest BCUT2D eigenvalue weighted by molar-refractivity contribution is 9.09. The number of nitrogens with zero attached hydrogens (tertiary/aromatic N) is 2. The minimum Gasteiger partial charge on any atom is -0.397 e. The van der Waals surface area contributed by atoms with Crippen molar-refractivity contribution in [2.75, 3.05) is 17.2 Å². The molecule has 0 aliphatic carbocycles. The van der Waals surface area contributed by atoms with Gasteiger partial charge in [-0.3, -0.25) is 14.9 Å². The summed E-state index contributed by atoms with van der Waals surface area (Å²) >= 11 is 3.37. The van der Waals surface area contributed by atoms with Gasteiger partial charge in [0, 0.05) is 29.9 Å². The average Bonchev–Trinajstić information content (AvgIpc) is 2.57. The van der Waals surface area contributed by atoms with Crippen molar-refractivity contribution in [2.24, 2.45) is 0 Å². The Labute approximate surface area is 106 Å². The summed E-state index contributed by atoms with van der Waals surface area (Å²) in [4.78, 5) is 23.4. The molecule has 2 rings (SSSR count). The van der Waals surface area contributed by atoms with Gasteiger partial charge in [-0.15, -0.1) is 0 Å². The Morgan fingerprint density at radius 2 is 2.24 bits per heavy atom. The molecule has 1 saturated heterocycles. The fraction of sp³-hybridized carbons (Fsp3) is 0.300. The lowest BCUT2D eigenvalue weighted by Gasteiger charge is -2.17. The van der Waals surface area contributed by atoms with Crippen molar-refractivity contribution >= 4 is 38.9 Å². The molecule has 7 heteroatoms. The number of amides is 1. The van der Waals surface area contributed by atoms with E-state index in [1.807, 2.05) is 0 Å². The molecule has 90 valence electrons. The Morgan fingerprint density at radius 1 is 1.53 bits per heavy atom. The maximum absolute atomic E-state index is 11.7. The molecule has 0 radical (unpaired) electrons. The van der Waals surface area contributed by atoms with Crippen LogP contribution in [-0.4, -0.2) is 22.2 Å². The first-order valence-corrected chi connectivity index (χ1v) is 5.89. The molecule has 1 heterocycles. The molecular formula is C10H10BrN3O3. The quantitative estimate of drug-likeness (QED) is 0.389. The van der Waals surface area contributed by atoms with Crippen molar-refractivity contribution in [3.63, 3.8) is 0 Å². The second-order valence-electron chi connectivity index (χ2n) is 3.81. The molecule has 1 fully saturated rings. The predicted octanol–water partition coefficient (Wildman–Crippen LogP) is 1.68. The van der Waals surface area contributed by atoms with Gasteiger partial charge in [0.15, 0.2) is 0 Å². The number of nitrogens with two attached hydrogens (primary N) is 1. The van der Waals surface area contributed by atoms with Gasteiger partial charge in [0.25, 0.3) is 5.69 Å². The number of non-ortho nitro benzene ring substituents is 1. The highest BCUT2D eigenvalue weighted by Crippen LogP contribution is 2.32. The van der Waals surface area contributed by atoms with E-state index >= 15 is 0 Å². The van der Waals surface area contributed by atoms with E-state index in [-0.39, 0.29) is 22.1 Å². The molecule has 2 N–H and O–H groups in total. The van der Waals surface area contributed by atoms with E-state index in [0.717, 1.165) is 0 Å². The van der Waals surface area contributed by atoms with Crippen LogP contribution in [0.1, 0.15) is 6.42 Å². The van der Waals surface area contributed by atoms with Crippen LogP contribution in [0.4, 0.5) is 17.1 Å². The summed E-state index contributed by atoms with van der Waals surface area (Å²) < 4.78 is 0. The molecule has 1 aliphatic heterocycles. The van der Waals surface area contributed by atoms with Crippen molar-refractivity contribution < 1.29 is 9.72 Å². The average molecular weight is 300 g/mol. The minimum atomic E-state index is -0.515. The molecule has 1 aromatic carbocycles.